The van der Waals surface area contributed by atoms with Crippen molar-refractivity contribution in [2.45, 2.75) is 19.8 Å². The van der Waals surface area contributed by atoms with Crippen LogP contribution in [0.15, 0.2) is 36.9 Å². The van der Waals surface area contributed by atoms with Gasteiger partial charge >= 0.3 is 0 Å². The zero-order chi connectivity index (χ0) is 18.7. The minimum Gasteiger partial charge on any atom is -0.338 e. The van der Waals surface area contributed by atoms with E-state index in [1.807, 2.05) is 42.8 Å². The largest absolute Gasteiger partial charge is 0.338 e. The maximum absolute atomic E-state index is 12.6. The SMILES string of the molecule is C=CC(=O)N1CCCC(C(=O)Nc2cccc(-c3nnc(C)n3C)c2)C1. The lowest BCUT2D eigenvalue weighted by atomic mass is 9.97. The van der Waals surface area contributed by atoms with Crippen LogP contribution in [0.3, 0.4) is 0 Å². The molecule has 2 heterocycles. The number of carbonyl (C=O) groups is 2. The Balaban J connectivity index is 1.72. The molecule has 0 aliphatic carbocycles. The van der Waals surface area contributed by atoms with Crippen LogP contribution in [0.2, 0.25) is 0 Å². The lowest BCUT2D eigenvalue weighted by Gasteiger charge is -2.31. The van der Waals surface area contributed by atoms with E-state index in [0.717, 1.165) is 30.1 Å². The van der Waals surface area contributed by atoms with Gasteiger partial charge < -0.3 is 14.8 Å². The van der Waals surface area contributed by atoms with Crippen LogP contribution in [-0.4, -0.2) is 44.6 Å². The standard InChI is InChI=1S/C19H23N5O2/c1-4-17(25)24-10-6-8-15(12-24)19(26)20-16-9-5-7-14(11-16)18-22-21-13(2)23(18)3/h4-5,7,9,11,15H,1,6,8,10,12H2,2-3H3,(H,20,26). The number of likely N-dealkylation sites (tertiary alicyclic amines) is 1. The topological polar surface area (TPSA) is 80.1 Å². The lowest BCUT2D eigenvalue weighted by Crippen LogP contribution is -2.43. The Bertz CT molecular complexity index is 842. The second kappa shape index (κ2) is 7.51. The number of aryl methyl sites for hydroxylation is 1. The van der Waals surface area contributed by atoms with E-state index < -0.39 is 0 Å². The number of rotatable bonds is 4. The molecule has 1 fully saturated rings. The summed E-state index contributed by atoms with van der Waals surface area (Å²) in [5, 5.41) is 11.2. The normalized spacial score (nSPS) is 17.0. The minimum absolute atomic E-state index is 0.0714. The van der Waals surface area contributed by atoms with E-state index in [1.54, 1.807) is 4.90 Å². The maximum atomic E-state index is 12.6. The Labute approximate surface area is 152 Å². The minimum atomic E-state index is -0.214. The van der Waals surface area contributed by atoms with Crippen molar-refractivity contribution in [3.8, 4) is 11.4 Å². The summed E-state index contributed by atoms with van der Waals surface area (Å²) in [6.07, 6.45) is 2.89. The second-order valence-electron chi connectivity index (χ2n) is 6.53. The van der Waals surface area contributed by atoms with Crippen molar-refractivity contribution in [3.63, 3.8) is 0 Å². The van der Waals surface area contributed by atoms with Gasteiger partial charge in [0.05, 0.1) is 5.92 Å². The Hall–Kier alpha value is -2.96. The number of carbonyl (C=O) groups excluding carboxylic acids is 2. The molecule has 1 saturated heterocycles. The summed E-state index contributed by atoms with van der Waals surface area (Å²) >= 11 is 0. The van der Waals surface area contributed by atoms with Crippen molar-refractivity contribution < 1.29 is 9.59 Å². The third-order valence-corrected chi connectivity index (χ3v) is 4.76. The van der Waals surface area contributed by atoms with Crippen molar-refractivity contribution in [2.75, 3.05) is 18.4 Å². The number of hydrogen-bond acceptors (Lipinski definition) is 4. The molecule has 1 aliphatic rings. The molecule has 0 saturated carbocycles. The summed E-state index contributed by atoms with van der Waals surface area (Å²) in [5.74, 6) is 1.16. The van der Waals surface area contributed by atoms with E-state index >= 15 is 0 Å². The third kappa shape index (κ3) is 3.66. The number of piperidine rings is 1. The van der Waals surface area contributed by atoms with Gasteiger partial charge in [0.2, 0.25) is 11.8 Å². The van der Waals surface area contributed by atoms with Crippen LogP contribution in [0.1, 0.15) is 18.7 Å². The van der Waals surface area contributed by atoms with Crippen molar-refractivity contribution in [2.24, 2.45) is 13.0 Å². The summed E-state index contributed by atoms with van der Waals surface area (Å²) in [7, 11) is 1.91. The van der Waals surface area contributed by atoms with Crippen LogP contribution in [-0.2, 0) is 16.6 Å². The Morgan fingerprint density at radius 2 is 2.15 bits per heavy atom. The van der Waals surface area contributed by atoms with Gasteiger partial charge in [0.1, 0.15) is 5.82 Å². The molecule has 0 bridgehead atoms. The van der Waals surface area contributed by atoms with Crippen LogP contribution in [0.4, 0.5) is 5.69 Å². The molecule has 1 unspecified atom stereocenters. The van der Waals surface area contributed by atoms with E-state index in [0.29, 0.717) is 18.8 Å². The van der Waals surface area contributed by atoms with Gasteiger partial charge in [-0.05, 0) is 38.0 Å². The van der Waals surface area contributed by atoms with Crippen LogP contribution in [0.25, 0.3) is 11.4 Å². The van der Waals surface area contributed by atoms with Crippen molar-refractivity contribution in [1.29, 1.82) is 0 Å². The van der Waals surface area contributed by atoms with Crippen LogP contribution in [0.5, 0.6) is 0 Å². The van der Waals surface area contributed by atoms with Crippen molar-refractivity contribution in [3.05, 3.63) is 42.7 Å². The van der Waals surface area contributed by atoms with Gasteiger partial charge in [-0.1, -0.05) is 18.7 Å². The first-order valence-electron chi connectivity index (χ1n) is 8.68. The van der Waals surface area contributed by atoms with Gasteiger partial charge in [0, 0.05) is 31.4 Å². The molecule has 2 amide bonds. The fourth-order valence-electron chi connectivity index (χ4n) is 3.16. The highest BCUT2D eigenvalue weighted by molar-refractivity contribution is 5.94. The quantitative estimate of drug-likeness (QED) is 0.854. The van der Waals surface area contributed by atoms with E-state index in [9.17, 15) is 9.59 Å². The molecule has 0 spiro atoms. The predicted molar refractivity (Wildman–Crippen MR) is 99.3 cm³/mol. The molecule has 1 atom stereocenters. The molecule has 1 N–H and O–H groups in total. The van der Waals surface area contributed by atoms with Crippen LogP contribution < -0.4 is 5.32 Å². The van der Waals surface area contributed by atoms with Crippen molar-refractivity contribution in [1.82, 2.24) is 19.7 Å². The third-order valence-electron chi connectivity index (χ3n) is 4.76. The van der Waals surface area contributed by atoms with Crippen LogP contribution in [0, 0.1) is 12.8 Å². The zero-order valence-corrected chi connectivity index (χ0v) is 15.1. The Morgan fingerprint density at radius 1 is 1.35 bits per heavy atom. The zero-order valence-electron chi connectivity index (χ0n) is 15.1. The average Bonchev–Trinajstić information content (AvgIpc) is 3.00. The van der Waals surface area contributed by atoms with Gasteiger partial charge in [0.25, 0.3) is 0 Å². The van der Waals surface area contributed by atoms with Crippen LogP contribution >= 0.6 is 0 Å². The first-order valence-corrected chi connectivity index (χ1v) is 8.68. The molecule has 3 rings (SSSR count). The number of aromatic nitrogens is 3. The molecule has 2 aromatic rings. The van der Waals surface area contributed by atoms with E-state index in [2.05, 4.69) is 22.1 Å². The van der Waals surface area contributed by atoms with E-state index in [1.165, 1.54) is 6.08 Å². The second-order valence-corrected chi connectivity index (χ2v) is 6.53. The summed E-state index contributed by atoms with van der Waals surface area (Å²) in [6.45, 7) is 6.51. The van der Waals surface area contributed by atoms with Gasteiger partial charge in [-0.25, -0.2) is 0 Å². The summed E-state index contributed by atoms with van der Waals surface area (Å²) < 4.78 is 1.90. The number of nitrogens with zero attached hydrogens (tertiary/aromatic N) is 4. The first kappa shape index (κ1) is 17.8. The fourth-order valence-corrected chi connectivity index (χ4v) is 3.16. The summed E-state index contributed by atoms with van der Waals surface area (Å²) in [4.78, 5) is 26.1. The Morgan fingerprint density at radius 3 is 2.85 bits per heavy atom. The number of nitrogens with one attached hydrogen (secondary N) is 1. The molecule has 7 nitrogen and oxygen atoms in total. The number of hydrogen-bond donors (Lipinski definition) is 1. The molecular weight excluding hydrogens is 330 g/mol. The van der Waals surface area contributed by atoms with Gasteiger partial charge in [-0.2, -0.15) is 0 Å². The number of amides is 2. The number of benzene rings is 1. The van der Waals surface area contributed by atoms with Gasteiger partial charge in [-0.3, -0.25) is 9.59 Å². The molecule has 136 valence electrons. The maximum Gasteiger partial charge on any atom is 0.245 e. The monoisotopic (exact) mass is 353 g/mol. The van der Waals surface area contributed by atoms with Gasteiger partial charge in [0.15, 0.2) is 5.82 Å². The first-order chi connectivity index (χ1) is 12.5. The van der Waals surface area contributed by atoms with E-state index in [-0.39, 0.29) is 17.7 Å². The Kier molecular flexibility index (Phi) is 5.16. The number of anilines is 1. The van der Waals surface area contributed by atoms with Crippen molar-refractivity contribution >= 4 is 17.5 Å². The highest BCUT2D eigenvalue weighted by atomic mass is 16.2. The molecule has 0 radical (unpaired) electrons. The highest BCUT2D eigenvalue weighted by Gasteiger charge is 2.27. The van der Waals surface area contributed by atoms with Gasteiger partial charge in [-0.15, -0.1) is 10.2 Å². The average molecular weight is 353 g/mol. The highest BCUT2D eigenvalue weighted by Crippen LogP contribution is 2.23. The summed E-state index contributed by atoms with van der Waals surface area (Å²) in [6, 6.07) is 7.55. The molecule has 1 aromatic heterocycles. The van der Waals surface area contributed by atoms with E-state index in [4.69, 9.17) is 0 Å². The lowest BCUT2D eigenvalue weighted by molar-refractivity contribution is -0.130. The molecule has 1 aliphatic heterocycles. The fraction of sp³-hybridized carbons (Fsp3) is 0.368. The molecule has 1 aromatic carbocycles. The molecule has 7 heteroatoms. The predicted octanol–water partition coefficient (Wildman–Crippen LogP) is 2.15. The smallest absolute Gasteiger partial charge is 0.245 e. The molecule has 26 heavy (non-hydrogen) atoms. The summed E-state index contributed by atoms with van der Waals surface area (Å²) in [5.41, 5.74) is 1.60. The molecular formula is C19H23N5O2.